The van der Waals surface area contributed by atoms with Crippen LogP contribution >= 0.6 is 12.2 Å². The lowest BCUT2D eigenvalue weighted by Crippen LogP contribution is -2.23. The molecular formula is C14H17N3OS. The maximum Gasteiger partial charge on any atom is 0.107 e. The van der Waals surface area contributed by atoms with Crippen molar-refractivity contribution in [3.8, 4) is 0 Å². The third-order valence-electron chi connectivity index (χ3n) is 2.85. The molecule has 0 saturated heterocycles. The first-order chi connectivity index (χ1) is 9.13. The molecule has 100 valence electrons. The second kappa shape index (κ2) is 5.95. The Morgan fingerprint density at radius 2 is 2.21 bits per heavy atom. The number of nitrogens with two attached hydrogens (primary N) is 1. The Morgan fingerprint density at radius 3 is 2.89 bits per heavy atom. The molecule has 0 aliphatic heterocycles. The van der Waals surface area contributed by atoms with E-state index in [4.69, 9.17) is 22.7 Å². The largest absolute Gasteiger partial charge is 0.389 e. The highest BCUT2D eigenvalue weighted by atomic mass is 32.1. The van der Waals surface area contributed by atoms with E-state index in [1.54, 1.807) is 13.3 Å². The molecule has 3 N–H and O–H groups in total. The number of fused-ring (bicyclic) bond motifs is 1. The number of anilines is 1. The number of hydrogen-bond donors (Lipinski definition) is 2. The van der Waals surface area contributed by atoms with Gasteiger partial charge in [0.15, 0.2) is 0 Å². The quantitative estimate of drug-likeness (QED) is 0.820. The van der Waals surface area contributed by atoms with E-state index in [9.17, 15) is 0 Å². The summed E-state index contributed by atoms with van der Waals surface area (Å²) in [4.78, 5) is 4.72. The highest BCUT2D eigenvalue weighted by Crippen LogP contribution is 2.26. The first-order valence-electron chi connectivity index (χ1n) is 6.06. The molecule has 0 amide bonds. The van der Waals surface area contributed by atoms with E-state index in [2.05, 4.69) is 10.3 Å². The molecule has 2 rings (SSSR count). The van der Waals surface area contributed by atoms with Crippen LogP contribution < -0.4 is 11.1 Å². The molecule has 0 spiro atoms. The number of para-hydroxylation sites is 1. The van der Waals surface area contributed by atoms with Gasteiger partial charge in [0.2, 0.25) is 0 Å². The van der Waals surface area contributed by atoms with Crippen molar-refractivity contribution in [2.45, 2.75) is 13.0 Å². The Balaban J connectivity index is 2.52. The lowest BCUT2D eigenvalue weighted by Gasteiger charge is -2.18. The van der Waals surface area contributed by atoms with E-state index in [-0.39, 0.29) is 6.04 Å². The number of nitrogens with zero attached hydrogens (tertiary/aromatic N) is 1. The smallest absolute Gasteiger partial charge is 0.107 e. The Morgan fingerprint density at radius 1 is 1.47 bits per heavy atom. The predicted octanol–water partition coefficient (Wildman–Crippen LogP) is 2.32. The van der Waals surface area contributed by atoms with Crippen LogP contribution in [0, 0.1) is 0 Å². The molecule has 1 heterocycles. The van der Waals surface area contributed by atoms with Crippen LogP contribution in [0.4, 0.5) is 5.69 Å². The lowest BCUT2D eigenvalue weighted by atomic mass is 10.1. The van der Waals surface area contributed by atoms with E-state index in [0.29, 0.717) is 11.6 Å². The highest BCUT2D eigenvalue weighted by Gasteiger charge is 2.12. The van der Waals surface area contributed by atoms with E-state index in [1.165, 1.54) is 0 Å². The minimum Gasteiger partial charge on any atom is -0.389 e. The van der Waals surface area contributed by atoms with Crippen molar-refractivity contribution in [2.24, 2.45) is 5.73 Å². The highest BCUT2D eigenvalue weighted by molar-refractivity contribution is 7.80. The summed E-state index contributed by atoms with van der Waals surface area (Å²) in [5.74, 6) is 0. The summed E-state index contributed by atoms with van der Waals surface area (Å²) in [7, 11) is 1.68. The molecule has 4 nitrogen and oxygen atoms in total. The number of ether oxygens (including phenoxy) is 1. The molecule has 0 aliphatic rings. The van der Waals surface area contributed by atoms with E-state index in [0.717, 1.165) is 22.2 Å². The van der Waals surface area contributed by atoms with Crippen LogP contribution in [0.5, 0.6) is 0 Å². The zero-order valence-electron chi connectivity index (χ0n) is 11.0. The zero-order chi connectivity index (χ0) is 13.8. The summed E-state index contributed by atoms with van der Waals surface area (Å²) in [6.45, 7) is 2.65. The van der Waals surface area contributed by atoms with Crippen molar-refractivity contribution in [1.29, 1.82) is 0 Å². The van der Waals surface area contributed by atoms with Crippen LogP contribution in [-0.2, 0) is 4.74 Å². The van der Waals surface area contributed by atoms with Gasteiger partial charge in [-0.1, -0.05) is 30.4 Å². The van der Waals surface area contributed by atoms with E-state index < -0.39 is 0 Å². The summed E-state index contributed by atoms with van der Waals surface area (Å²) in [6.07, 6.45) is 1.71. The van der Waals surface area contributed by atoms with Gasteiger partial charge in [-0.2, -0.15) is 0 Å². The number of aromatic nitrogens is 1. The fraction of sp³-hybridized carbons (Fsp3) is 0.286. The van der Waals surface area contributed by atoms with Crippen molar-refractivity contribution in [2.75, 3.05) is 19.0 Å². The van der Waals surface area contributed by atoms with Gasteiger partial charge in [-0.05, 0) is 13.0 Å². The lowest BCUT2D eigenvalue weighted by molar-refractivity contribution is 0.190. The number of benzene rings is 1. The molecule has 0 bridgehead atoms. The van der Waals surface area contributed by atoms with Gasteiger partial charge >= 0.3 is 0 Å². The summed E-state index contributed by atoms with van der Waals surface area (Å²) in [5.41, 5.74) is 8.37. The Hall–Kier alpha value is -1.72. The van der Waals surface area contributed by atoms with Crippen molar-refractivity contribution < 1.29 is 4.74 Å². The van der Waals surface area contributed by atoms with Gasteiger partial charge < -0.3 is 15.8 Å². The minimum absolute atomic E-state index is 0.156. The Labute approximate surface area is 118 Å². The van der Waals surface area contributed by atoms with Crippen molar-refractivity contribution in [1.82, 2.24) is 4.98 Å². The molecule has 0 saturated carbocycles. The fourth-order valence-corrected chi connectivity index (χ4v) is 2.18. The van der Waals surface area contributed by atoms with Crippen molar-refractivity contribution in [3.05, 3.63) is 36.0 Å². The summed E-state index contributed by atoms with van der Waals surface area (Å²) < 4.78 is 5.15. The van der Waals surface area contributed by atoms with Crippen LogP contribution in [-0.4, -0.2) is 29.7 Å². The number of pyridine rings is 1. The third-order valence-corrected chi connectivity index (χ3v) is 3.07. The number of thiocarbonyl (C=S) groups is 1. The number of hydrogen-bond acceptors (Lipinski definition) is 4. The first kappa shape index (κ1) is 13.7. The molecule has 5 heteroatoms. The molecule has 0 radical (unpaired) electrons. The molecular weight excluding hydrogens is 258 g/mol. The summed E-state index contributed by atoms with van der Waals surface area (Å²) >= 11 is 5.10. The van der Waals surface area contributed by atoms with Gasteiger partial charge in [0.05, 0.1) is 23.4 Å². The van der Waals surface area contributed by atoms with Gasteiger partial charge in [0.1, 0.15) is 4.99 Å². The van der Waals surface area contributed by atoms with Crippen molar-refractivity contribution >= 4 is 33.8 Å². The molecule has 0 aliphatic carbocycles. The van der Waals surface area contributed by atoms with Crippen LogP contribution in [0.25, 0.3) is 10.9 Å². The Kier molecular flexibility index (Phi) is 4.29. The third kappa shape index (κ3) is 3.00. The standard InChI is InChI=1S/C14H17N3OS/c1-9(8-18-2)17-13-10-5-3-4-6-12(10)16-7-11(13)14(15)19/h3-7,9H,8H2,1-2H3,(H2,15,19)(H,16,17). The summed E-state index contributed by atoms with van der Waals surface area (Å²) in [6, 6.07) is 8.05. The van der Waals surface area contributed by atoms with Gasteiger partial charge in [-0.15, -0.1) is 0 Å². The maximum atomic E-state index is 5.78. The van der Waals surface area contributed by atoms with Crippen LogP contribution in [0.3, 0.4) is 0 Å². The topological polar surface area (TPSA) is 60.2 Å². The normalized spacial score (nSPS) is 12.3. The van der Waals surface area contributed by atoms with Gasteiger partial charge in [-0.3, -0.25) is 4.98 Å². The molecule has 1 unspecified atom stereocenters. The average Bonchev–Trinajstić information content (AvgIpc) is 2.39. The van der Waals surface area contributed by atoms with Gasteiger partial charge in [0, 0.05) is 24.7 Å². The van der Waals surface area contributed by atoms with Crippen LogP contribution in [0.1, 0.15) is 12.5 Å². The van der Waals surface area contributed by atoms with E-state index >= 15 is 0 Å². The molecule has 2 aromatic rings. The molecule has 1 aromatic heterocycles. The number of methoxy groups -OCH3 is 1. The van der Waals surface area contributed by atoms with Crippen LogP contribution in [0.2, 0.25) is 0 Å². The Bertz CT molecular complexity index is 600. The molecule has 1 atom stereocenters. The minimum atomic E-state index is 0.156. The van der Waals surface area contributed by atoms with Gasteiger partial charge in [0.25, 0.3) is 0 Å². The van der Waals surface area contributed by atoms with E-state index in [1.807, 2.05) is 31.2 Å². The van der Waals surface area contributed by atoms with Crippen molar-refractivity contribution in [3.63, 3.8) is 0 Å². The molecule has 19 heavy (non-hydrogen) atoms. The average molecular weight is 275 g/mol. The molecule has 1 aromatic carbocycles. The first-order valence-corrected chi connectivity index (χ1v) is 6.47. The molecule has 0 fully saturated rings. The number of rotatable bonds is 5. The predicted molar refractivity (Wildman–Crippen MR) is 82.6 cm³/mol. The maximum absolute atomic E-state index is 5.78. The van der Waals surface area contributed by atoms with Gasteiger partial charge in [-0.25, -0.2) is 0 Å². The zero-order valence-corrected chi connectivity index (χ0v) is 11.8. The SMILES string of the molecule is COCC(C)Nc1c(C(N)=S)cnc2ccccc12. The summed E-state index contributed by atoms with van der Waals surface area (Å²) in [5, 5.41) is 4.41. The second-order valence-electron chi connectivity index (χ2n) is 4.43. The fourth-order valence-electron chi connectivity index (χ4n) is 2.02. The second-order valence-corrected chi connectivity index (χ2v) is 4.87. The number of nitrogens with one attached hydrogen (secondary N) is 1. The van der Waals surface area contributed by atoms with Crippen LogP contribution in [0.15, 0.2) is 30.5 Å². The monoisotopic (exact) mass is 275 g/mol.